The van der Waals surface area contributed by atoms with Crippen LogP contribution in [0.15, 0.2) is 30.6 Å². The molecular formula is C13H12N4O5. The number of rotatable bonds is 5. The number of nitro benzene ring substituents is 1. The van der Waals surface area contributed by atoms with Crippen LogP contribution in [0.3, 0.4) is 0 Å². The van der Waals surface area contributed by atoms with Gasteiger partial charge < -0.3 is 15.0 Å². The first-order chi connectivity index (χ1) is 10.5. The topological polar surface area (TPSA) is 127 Å². The molecule has 0 aliphatic heterocycles. The van der Waals surface area contributed by atoms with Gasteiger partial charge in [0, 0.05) is 6.07 Å². The number of para-hydroxylation sites is 2. The molecule has 9 heteroatoms. The van der Waals surface area contributed by atoms with Crippen molar-refractivity contribution in [3.05, 3.63) is 52.1 Å². The molecule has 0 radical (unpaired) electrons. The summed E-state index contributed by atoms with van der Waals surface area (Å²) in [5.74, 6) is -1.48. The molecule has 0 fully saturated rings. The molecule has 0 aliphatic carbocycles. The van der Waals surface area contributed by atoms with E-state index in [9.17, 15) is 19.7 Å². The molecule has 1 aromatic carbocycles. The van der Waals surface area contributed by atoms with E-state index in [-0.39, 0.29) is 29.4 Å². The number of hydrogen-bond donors (Lipinski definition) is 2. The maximum Gasteiger partial charge on any atom is 0.357 e. The van der Waals surface area contributed by atoms with Crippen molar-refractivity contribution < 1.29 is 19.2 Å². The Morgan fingerprint density at radius 1 is 1.41 bits per heavy atom. The summed E-state index contributed by atoms with van der Waals surface area (Å²) < 4.78 is 4.79. The monoisotopic (exact) mass is 304 g/mol. The lowest BCUT2D eigenvalue weighted by atomic mass is 10.2. The molecule has 0 atom stereocenters. The molecule has 2 rings (SSSR count). The van der Waals surface area contributed by atoms with Crippen molar-refractivity contribution in [1.82, 2.24) is 9.97 Å². The number of aromatic nitrogens is 2. The SMILES string of the molecule is CCOC(=O)c1[nH]cnc1C(=O)Nc1ccccc1[N+](=O)[O-]. The van der Waals surface area contributed by atoms with E-state index >= 15 is 0 Å². The van der Waals surface area contributed by atoms with Gasteiger partial charge in [-0.05, 0) is 13.0 Å². The highest BCUT2D eigenvalue weighted by molar-refractivity contribution is 6.09. The van der Waals surface area contributed by atoms with Crippen molar-refractivity contribution in [1.29, 1.82) is 0 Å². The summed E-state index contributed by atoms with van der Waals surface area (Å²) in [5, 5.41) is 13.3. The van der Waals surface area contributed by atoms with Gasteiger partial charge >= 0.3 is 5.97 Å². The molecule has 2 N–H and O–H groups in total. The maximum atomic E-state index is 12.2. The van der Waals surface area contributed by atoms with Crippen molar-refractivity contribution in [3.8, 4) is 0 Å². The van der Waals surface area contributed by atoms with Gasteiger partial charge in [0.2, 0.25) is 0 Å². The van der Waals surface area contributed by atoms with Gasteiger partial charge in [0.15, 0.2) is 11.4 Å². The van der Waals surface area contributed by atoms with E-state index in [2.05, 4.69) is 15.3 Å². The molecule has 0 unspecified atom stereocenters. The van der Waals surface area contributed by atoms with Crippen LogP contribution in [-0.2, 0) is 4.74 Å². The zero-order chi connectivity index (χ0) is 16.1. The van der Waals surface area contributed by atoms with Crippen LogP contribution in [0.4, 0.5) is 11.4 Å². The summed E-state index contributed by atoms with van der Waals surface area (Å²) in [4.78, 5) is 40.4. The van der Waals surface area contributed by atoms with Crippen molar-refractivity contribution in [3.63, 3.8) is 0 Å². The molecular weight excluding hydrogens is 292 g/mol. The second kappa shape index (κ2) is 6.48. The van der Waals surface area contributed by atoms with E-state index in [1.165, 1.54) is 24.5 Å². The number of nitro groups is 1. The minimum Gasteiger partial charge on any atom is -0.461 e. The minimum absolute atomic E-state index is 0.00955. The van der Waals surface area contributed by atoms with E-state index < -0.39 is 16.8 Å². The summed E-state index contributed by atoms with van der Waals surface area (Å²) in [6, 6.07) is 5.66. The second-order valence-corrected chi connectivity index (χ2v) is 4.07. The highest BCUT2D eigenvalue weighted by Gasteiger charge is 2.23. The summed E-state index contributed by atoms with van der Waals surface area (Å²) in [6.07, 6.45) is 1.17. The van der Waals surface area contributed by atoms with Gasteiger partial charge in [-0.3, -0.25) is 14.9 Å². The molecule has 2 aromatic rings. The number of esters is 1. The van der Waals surface area contributed by atoms with Crippen LogP contribution >= 0.6 is 0 Å². The number of anilines is 1. The third-order valence-electron chi connectivity index (χ3n) is 2.68. The van der Waals surface area contributed by atoms with E-state index in [4.69, 9.17) is 4.74 Å². The zero-order valence-electron chi connectivity index (χ0n) is 11.5. The Morgan fingerprint density at radius 2 is 2.14 bits per heavy atom. The summed E-state index contributed by atoms with van der Waals surface area (Å²) in [7, 11) is 0. The Morgan fingerprint density at radius 3 is 2.82 bits per heavy atom. The largest absolute Gasteiger partial charge is 0.461 e. The molecule has 22 heavy (non-hydrogen) atoms. The van der Waals surface area contributed by atoms with Crippen LogP contribution in [0.1, 0.15) is 27.9 Å². The predicted octanol–water partition coefficient (Wildman–Crippen LogP) is 1.75. The van der Waals surface area contributed by atoms with Gasteiger partial charge in [-0.1, -0.05) is 12.1 Å². The number of H-pyrrole nitrogens is 1. The quantitative estimate of drug-likeness (QED) is 0.492. The number of ether oxygens (including phenoxy) is 1. The van der Waals surface area contributed by atoms with Gasteiger partial charge in [-0.2, -0.15) is 0 Å². The van der Waals surface area contributed by atoms with Crippen molar-refractivity contribution in [2.45, 2.75) is 6.92 Å². The van der Waals surface area contributed by atoms with Crippen LogP contribution in [0.5, 0.6) is 0 Å². The Balaban J connectivity index is 2.26. The van der Waals surface area contributed by atoms with E-state index in [1.807, 2.05) is 0 Å². The molecule has 0 spiro atoms. The lowest BCUT2D eigenvalue weighted by molar-refractivity contribution is -0.383. The summed E-state index contributed by atoms with van der Waals surface area (Å²) >= 11 is 0. The number of amides is 1. The molecule has 0 bridgehead atoms. The van der Waals surface area contributed by atoms with Crippen LogP contribution in [0.25, 0.3) is 0 Å². The van der Waals surface area contributed by atoms with Gasteiger partial charge in [0.1, 0.15) is 5.69 Å². The third-order valence-corrected chi connectivity index (χ3v) is 2.68. The summed E-state index contributed by atoms with van der Waals surface area (Å²) in [5.41, 5.74) is -0.561. The van der Waals surface area contributed by atoms with Crippen LogP contribution in [-0.4, -0.2) is 33.4 Å². The zero-order valence-corrected chi connectivity index (χ0v) is 11.5. The highest BCUT2D eigenvalue weighted by atomic mass is 16.6. The van der Waals surface area contributed by atoms with Crippen LogP contribution in [0.2, 0.25) is 0 Å². The molecule has 0 saturated heterocycles. The first kappa shape index (κ1) is 15.2. The molecule has 1 heterocycles. The number of benzene rings is 1. The van der Waals surface area contributed by atoms with Crippen LogP contribution in [0, 0.1) is 10.1 Å². The maximum absolute atomic E-state index is 12.2. The molecule has 9 nitrogen and oxygen atoms in total. The average molecular weight is 304 g/mol. The number of nitrogens with one attached hydrogen (secondary N) is 2. The normalized spacial score (nSPS) is 10.0. The van der Waals surface area contributed by atoms with E-state index in [0.29, 0.717) is 0 Å². The van der Waals surface area contributed by atoms with Gasteiger partial charge in [0.25, 0.3) is 11.6 Å². The number of hydrogen-bond acceptors (Lipinski definition) is 6. The predicted molar refractivity (Wildman–Crippen MR) is 75.6 cm³/mol. The third kappa shape index (κ3) is 3.08. The lowest BCUT2D eigenvalue weighted by Crippen LogP contribution is -2.18. The molecule has 0 saturated carbocycles. The van der Waals surface area contributed by atoms with Crippen molar-refractivity contribution >= 4 is 23.3 Å². The standard InChI is InChI=1S/C13H12N4O5/c1-2-22-13(19)11-10(14-7-15-11)12(18)16-8-5-3-4-6-9(8)17(20)21/h3-7H,2H2,1H3,(H,14,15)(H,16,18). The Hall–Kier alpha value is -3.23. The Labute approximate surface area is 124 Å². The molecule has 1 aromatic heterocycles. The Bertz CT molecular complexity index is 725. The number of nitrogens with zero attached hydrogens (tertiary/aromatic N) is 2. The fourth-order valence-corrected chi connectivity index (χ4v) is 1.75. The smallest absolute Gasteiger partial charge is 0.357 e. The van der Waals surface area contributed by atoms with Crippen molar-refractivity contribution in [2.75, 3.05) is 11.9 Å². The van der Waals surface area contributed by atoms with Crippen LogP contribution < -0.4 is 5.32 Å². The van der Waals surface area contributed by atoms with Gasteiger partial charge in [-0.15, -0.1) is 0 Å². The minimum atomic E-state index is -0.751. The van der Waals surface area contributed by atoms with Crippen molar-refractivity contribution in [2.24, 2.45) is 0 Å². The average Bonchev–Trinajstić information content (AvgIpc) is 2.97. The number of imidazole rings is 1. The van der Waals surface area contributed by atoms with E-state index in [0.717, 1.165) is 0 Å². The number of carbonyl (C=O) groups excluding carboxylic acids is 2. The summed E-state index contributed by atoms with van der Waals surface area (Å²) in [6.45, 7) is 1.77. The number of aromatic amines is 1. The first-order valence-corrected chi connectivity index (χ1v) is 6.29. The fourth-order valence-electron chi connectivity index (χ4n) is 1.75. The molecule has 0 aliphatic rings. The van der Waals surface area contributed by atoms with Gasteiger partial charge in [0.05, 0.1) is 17.9 Å². The van der Waals surface area contributed by atoms with E-state index in [1.54, 1.807) is 13.0 Å². The van der Waals surface area contributed by atoms with Gasteiger partial charge in [-0.25, -0.2) is 9.78 Å². The Kier molecular flexibility index (Phi) is 4.47. The molecule has 114 valence electrons. The lowest BCUT2D eigenvalue weighted by Gasteiger charge is -2.05. The molecule has 1 amide bonds. The fraction of sp³-hybridized carbons (Fsp3) is 0.154. The first-order valence-electron chi connectivity index (χ1n) is 6.29. The second-order valence-electron chi connectivity index (χ2n) is 4.07. The highest BCUT2D eigenvalue weighted by Crippen LogP contribution is 2.23. The number of carbonyl (C=O) groups is 2.